The molecule has 1 aliphatic heterocycles. The van der Waals surface area contributed by atoms with Crippen molar-refractivity contribution in [1.82, 2.24) is 14.9 Å². The van der Waals surface area contributed by atoms with E-state index in [-0.39, 0.29) is 0 Å². The van der Waals surface area contributed by atoms with E-state index in [1.54, 1.807) is 0 Å². The Morgan fingerprint density at radius 2 is 2.29 bits per heavy atom. The second-order valence-corrected chi connectivity index (χ2v) is 6.44. The molecule has 2 heterocycles. The van der Waals surface area contributed by atoms with Crippen molar-refractivity contribution in [3.05, 3.63) is 18.2 Å². The summed E-state index contributed by atoms with van der Waals surface area (Å²) in [6.45, 7) is 5.93. The molecule has 1 saturated heterocycles. The highest BCUT2D eigenvalue weighted by atomic mass is 15.1. The van der Waals surface area contributed by atoms with Gasteiger partial charge in [-0.3, -0.25) is 0 Å². The molecule has 1 aliphatic carbocycles. The Hall–Kier alpha value is -0.830. The van der Waals surface area contributed by atoms with Crippen molar-refractivity contribution in [2.24, 2.45) is 5.41 Å². The number of imidazole rings is 1. The largest absolute Gasteiger partial charge is 0.330 e. The maximum Gasteiger partial charge on any atom is 0.0951 e. The normalized spacial score (nSPS) is 32.1. The highest BCUT2D eigenvalue weighted by Gasteiger charge is 2.33. The second kappa shape index (κ2) is 4.13. The van der Waals surface area contributed by atoms with Gasteiger partial charge >= 0.3 is 0 Å². The van der Waals surface area contributed by atoms with E-state index in [0.29, 0.717) is 17.5 Å². The lowest BCUT2D eigenvalue weighted by Gasteiger charge is -2.21. The zero-order chi connectivity index (χ0) is 11.9. The molecule has 0 radical (unpaired) electrons. The third-order valence-electron chi connectivity index (χ3n) is 4.45. The molecule has 1 aromatic heterocycles. The van der Waals surface area contributed by atoms with E-state index in [4.69, 9.17) is 0 Å². The lowest BCUT2D eigenvalue weighted by atomic mass is 9.92. The summed E-state index contributed by atoms with van der Waals surface area (Å²) >= 11 is 0. The molecule has 1 aromatic rings. The average Bonchev–Trinajstić information content (AvgIpc) is 2.93. The summed E-state index contributed by atoms with van der Waals surface area (Å²) in [4.78, 5) is 4.38. The molecule has 94 valence electrons. The first kappa shape index (κ1) is 11.3. The molecule has 3 rings (SSSR count). The Balaban J connectivity index is 1.81. The minimum absolute atomic E-state index is 0.509. The molecular weight excluding hydrogens is 210 g/mol. The quantitative estimate of drug-likeness (QED) is 0.851. The van der Waals surface area contributed by atoms with E-state index >= 15 is 0 Å². The molecule has 0 spiro atoms. The number of hydrogen-bond donors (Lipinski definition) is 1. The van der Waals surface area contributed by atoms with E-state index < -0.39 is 0 Å². The number of nitrogens with zero attached hydrogens (tertiary/aromatic N) is 2. The summed E-state index contributed by atoms with van der Waals surface area (Å²) in [6, 6.07) is 1.21. The van der Waals surface area contributed by atoms with Crippen LogP contribution < -0.4 is 5.32 Å². The van der Waals surface area contributed by atoms with Gasteiger partial charge in [0, 0.05) is 18.3 Å². The minimum atomic E-state index is 0.509. The molecule has 0 bridgehead atoms. The van der Waals surface area contributed by atoms with Crippen LogP contribution in [0.15, 0.2) is 12.5 Å². The van der Waals surface area contributed by atoms with E-state index in [9.17, 15) is 0 Å². The zero-order valence-corrected chi connectivity index (χ0v) is 10.9. The third-order valence-corrected chi connectivity index (χ3v) is 4.45. The van der Waals surface area contributed by atoms with Gasteiger partial charge in [-0.1, -0.05) is 13.8 Å². The fourth-order valence-electron chi connectivity index (χ4n) is 3.46. The van der Waals surface area contributed by atoms with Crippen molar-refractivity contribution < 1.29 is 0 Å². The van der Waals surface area contributed by atoms with Crippen LogP contribution in [-0.2, 0) is 0 Å². The fraction of sp³-hybridized carbons (Fsp3) is 0.786. The summed E-state index contributed by atoms with van der Waals surface area (Å²) in [6.07, 6.45) is 10.6. The summed E-state index contributed by atoms with van der Waals surface area (Å²) in [5.41, 5.74) is 1.92. The lowest BCUT2D eigenvalue weighted by Crippen LogP contribution is -2.19. The topological polar surface area (TPSA) is 29.9 Å². The van der Waals surface area contributed by atoms with Gasteiger partial charge in [-0.2, -0.15) is 0 Å². The monoisotopic (exact) mass is 233 g/mol. The van der Waals surface area contributed by atoms with Gasteiger partial charge in [-0.05, 0) is 44.1 Å². The first-order valence-electron chi connectivity index (χ1n) is 6.91. The molecule has 3 heteroatoms. The fourth-order valence-corrected chi connectivity index (χ4v) is 3.46. The highest BCUT2D eigenvalue weighted by Crippen LogP contribution is 2.44. The number of hydrogen-bond acceptors (Lipinski definition) is 2. The average molecular weight is 233 g/mol. The molecule has 3 nitrogen and oxygen atoms in total. The molecule has 17 heavy (non-hydrogen) atoms. The second-order valence-electron chi connectivity index (χ2n) is 6.44. The molecular formula is C14H23N3. The van der Waals surface area contributed by atoms with Crippen LogP contribution in [0.25, 0.3) is 0 Å². The minimum Gasteiger partial charge on any atom is -0.330 e. The van der Waals surface area contributed by atoms with E-state index in [0.717, 1.165) is 6.54 Å². The molecule has 2 fully saturated rings. The van der Waals surface area contributed by atoms with Gasteiger partial charge in [-0.15, -0.1) is 0 Å². The van der Waals surface area contributed by atoms with Gasteiger partial charge in [0.1, 0.15) is 0 Å². The van der Waals surface area contributed by atoms with Crippen molar-refractivity contribution in [3.8, 4) is 0 Å². The predicted molar refractivity (Wildman–Crippen MR) is 68.9 cm³/mol. The number of nitrogens with one attached hydrogen (secondary N) is 1. The molecule has 2 atom stereocenters. The first-order valence-corrected chi connectivity index (χ1v) is 6.91. The van der Waals surface area contributed by atoms with Gasteiger partial charge in [0.15, 0.2) is 0 Å². The van der Waals surface area contributed by atoms with Gasteiger partial charge in [-0.25, -0.2) is 4.98 Å². The number of rotatable bonds is 2. The first-order chi connectivity index (χ1) is 8.16. The molecule has 0 amide bonds. The summed E-state index contributed by atoms with van der Waals surface area (Å²) in [5.74, 6) is 0. The SMILES string of the molecule is CC1(C)CCC(n2cncc2C2CCCN2)C1. The van der Waals surface area contributed by atoms with Crippen LogP contribution in [0.1, 0.15) is 63.7 Å². The number of aromatic nitrogens is 2. The van der Waals surface area contributed by atoms with Crippen molar-refractivity contribution in [2.45, 2.75) is 58.0 Å². The standard InChI is InChI=1S/C14H23N3/c1-14(2)6-5-11(8-14)17-10-15-9-13(17)12-4-3-7-16-12/h9-12,16H,3-8H2,1-2H3. The summed E-state index contributed by atoms with van der Waals surface area (Å²) in [7, 11) is 0. The smallest absolute Gasteiger partial charge is 0.0951 e. The van der Waals surface area contributed by atoms with E-state index in [2.05, 4.69) is 34.9 Å². The Kier molecular flexibility index (Phi) is 2.74. The molecule has 2 aliphatic rings. The Morgan fingerprint density at radius 3 is 2.94 bits per heavy atom. The van der Waals surface area contributed by atoms with Crippen molar-refractivity contribution >= 4 is 0 Å². The van der Waals surface area contributed by atoms with E-state index in [1.807, 2.05) is 6.33 Å². The van der Waals surface area contributed by atoms with Crippen LogP contribution in [0.2, 0.25) is 0 Å². The van der Waals surface area contributed by atoms with Crippen LogP contribution in [0, 0.1) is 5.41 Å². The lowest BCUT2D eigenvalue weighted by molar-refractivity contribution is 0.354. The van der Waals surface area contributed by atoms with Crippen LogP contribution in [0.4, 0.5) is 0 Å². The van der Waals surface area contributed by atoms with Crippen molar-refractivity contribution in [1.29, 1.82) is 0 Å². The molecule has 1 N–H and O–H groups in total. The Morgan fingerprint density at radius 1 is 1.41 bits per heavy atom. The van der Waals surface area contributed by atoms with Gasteiger partial charge in [0.2, 0.25) is 0 Å². The van der Waals surface area contributed by atoms with E-state index in [1.165, 1.54) is 37.8 Å². The predicted octanol–water partition coefficient (Wildman–Crippen LogP) is 3.06. The molecule has 0 aromatic carbocycles. The maximum atomic E-state index is 4.38. The van der Waals surface area contributed by atoms with Crippen LogP contribution in [-0.4, -0.2) is 16.1 Å². The molecule has 1 saturated carbocycles. The summed E-state index contributed by atoms with van der Waals surface area (Å²) < 4.78 is 2.44. The zero-order valence-electron chi connectivity index (χ0n) is 10.9. The van der Waals surface area contributed by atoms with Gasteiger partial charge in [0.05, 0.1) is 12.0 Å². The van der Waals surface area contributed by atoms with Crippen LogP contribution >= 0.6 is 0 Å². The van der Waals surface area contributed by atoms with Crippen LogP contribution in [0.3, 0.4) is 0 Å². The highest BCUT2D eigenvalue weighted by molar-refractivity contribution is 5.09. The summed E-state index contributed by atoms with van der Waals surface area (Å²) in [5, 5.41) is 3.58. The van der Waals surface area contributed by atoms with Crippen molar-refractivity contribution in [3.63, 3.8) is 0 Å². The van der Waals surface area contributed by atoms with Crippen molar-refractivity contribution in [2.75, 3.05) is 6.54 Å². The third kappa shape index (κ3) is 2.13. The Labute approximate surface area is 104 Å². The maximum absolute atomic E-state index is 4.38. The molecule has 2 unspecified atom stereocenters. The Bertz CT molecular complexity index is 388. The van der Waals surface area contributed by atoms with Gasteiger partial charge in [0.25, 0.3) is 0 Å². The van der Waals surface area contributed by atoms with Crippen LogP contribution in [0.5, 0.6) is 0 Å². The van der Waals surface area contributed by atoms with Gasteiger partial charge < -0.3 is 9.88 Å².